The molecule has 0 heterocycles. The van der Waals surface area contributed by atoms with Gasteiger partial charge in [-0.25, -0.2) is 8.42 Å². The van der Waals surface area contributed by atoms with Crippen LogP contribution in [0, 0.1) is 0 Å². The molecule has 0 aliphatic rings. The van der Waals surface area contributed by atoms with Crippen molar-refractivity contribution in [2.45, 2.75) is 4.90 Å². The van der Waals surface area contributed by atoms with Gasteiger partial charge in [0.25, 0.3) is 10.0 Å². The van der Waals surface area contributed by atoms with E-state index in [1.165, 1.54) is 6.07 Å². The maximum Gasteiger partial charge on any atom is 0.263 e. The first-order valence-electron chi connectivity index (χ1n) is 6.15. The average Bonchev–Trinajstić information content (AvgIpc) is 2.37. The van der Waals surface area contributed by atoms with Gasteiger partial charge in [-0.2, -0.15) is 0 Å². The van der Waals surface area contributed by atoms with E-state index in [1.807, 2.05) is 25.1 Å². The molecule has 21 heavy (non-hydrogen) atoms. The molecule has 0 saturated carbocycles. The van der Waals surface area contributed by atoms with E-state index in [0.717, 1.165) is 5.69 Å². The van der Waals surface area contributed by atoms with Crippen LogP contribution in [-0.4, -0.2) is 22.5 Å². The predicted octanol–water partition coefficient (Wildman–Crippen LogP) is 2.90. The van der Waals surface area contributed by atoms with E-state index >= 15 is 0 Å². The van der Waals surface area contributed by atoms with Gasteiger partial charge in [0.2, 0.25) is 0 Å². The van der Waals surface area contributed by atoms with Crippen LogP contribution in [0.25, 0.3) is 0 Å². The van der Waals surface area contributed by atoms with Gasteiger partial charge in [-0.3, -0.25) is 4.72 Å². The number of nitrogen functional groups attached to an aromatic ring is 1. The lowest BCUT2D eigenvalue weighted by atomic mass is 10.3. The fraction of sp³-hybridized carbons (Fsp3) is 0.143. The Balaban J connectivity index is 2.35. The number of sulfonamides is 1. The van der Waals surface area contributed by atoms with Crippen LogP contribution < -0.4 is 15.4 Å². The third-order valence-electron chi connectivity index (χ3n) is 2.86. The molecule has 2 aromatic rings. The molecule has 2 aromatic carbocycles. The minimum atomic E-state index is -3.67. The van der Waals surface area contributed by atoms with Crippen LogP contribution in [0.4, 0.5) is 17.1 Å². The van der Waals surface area contributed by atoms with Crippen LogP contribution in [0.2, 0.25) is 0 Å². The van der Waals surface area contributed by atoms with Gasteiger partial charge >= 0.3 is 0 Å². The van der Waals surface area contributed by atoms with Gasteiger partial charge in [0.15, 0.2) is 0 Å². The van der Waals surface area contributed by atoms with E-state index in [1.54, 1.807) is 30.3 Å². The largest absolute Gasteiger partial charge is 0.399 e. The molecule has 0 aromatic heterocycles. The summed E-state index contributed by atoms with van der Waals surface area (Å²) in [6, 6.07) is 11.7. The van der Waals surface area contributed by atoms with Crippen LogP contribution in [0.3, 0.4) is 0 Å². The number of hydrogen-bond acceptors (Lipinski definition) is 4. The topological polar surface area (TPSA) is 75.4 Å². The summed E-state index contributed by atoms with van der Waals surface area (Å²) >= 11 is 3.23. The maximum absolute atomic E-state index is 12.4. The first kappa shape index (κ1) is 15.7. The monoisotopic (exact) mass is 369 g/mol. The lowest BCUT2D eigenvalue weighted by molar-refractivity contribution is 0.601. The lowest BCUT2D eigenvalue weighted by Gasteiger charge is -2.15. The molecular weight excluding hydrogens is 354 g/mol. The van der Waals surface area contributed by atoms with Gasteiger partial charge in [-0.05, 0) is 52.3 Å². The van der Waals surface area contributed by atoms with Gasteiger partial charge in [0.1, 0.15) is 4.90 Å². The molecular formula is C14H16BrN3O2S. The summed E-state index contributed by atoms with van der Waals surface area (Å²) in [5, 5.41) is 0. The van der Waals surface area contributed by atoms with Gasteiger partial charge in [-0.15, -0.1) is 0 Å². The summed E-state index contributed by atoms with van der Waals surface area (Å²) in [6.45, 7) is 0. The molecule has 0 atom stereocenters. The van der Waals surface area contributed by atoms with E-state index < -0.39 is 10.0 Å². The number of benzene rings is 2. The Morgan fingerprint density at radius 3 is 2.48 bits per heavy atom. The van der Waals surface area contributed by atoms with Crippen LogP contribution >= 0.6 is 15.9 Å². The van der Waals surface area contributed by atoms with Crippen molar-refractivity contribution in [1.82, 2.24) is 0 Å². The molecule has 0 unspecified atom stereocenters. The maximum atomic E-state index is 12.4. The second-order valence-corrected chi connectivity index (χ2v) is 7.25. The van der Waals surface area contributed by atoms with Crippen molar-refractivity contribution in [3.63, 3.8) is 0 Å². The smallest absolute Gasteiger partial charge is 0.263 e. The molecule has 7 heteroatoms. The lowest BCUT2D eigenvalue weighted by Crippen LogP contribution is -2.14. The zero-order chi connectivity index (χ0) is 15.6. The second kappa shape index (κ2) is 5.95. The van der Waals surface area contributed by atoms with Crippen molar-refractivity contribution >= 4 is 43.0 Å². The number of anilines is 3. The van der Waals surface area contributed by atoms with Crippen molar-refractivity contribution in [3.05, 3.63) is 46.9 Å². The van der Waals surface area contributed by atoms with Gasteiger partial charge in [-0.1, -0.05) is 6.07 Å². The predicted molar refractivity (Wildman–Crippen MR) is 90.1 cm³/mol. The van der Waals surface area contributed by atoms with Gasteiger partial charge < -0.3 is 10.6 Å². The summed E-state index contributed by atoms with van der Waals surface area (Å²) in [6.07, 6.45) is 0. The highest BCUT2D eigenvalue weighted by Gasteiger charge is 2.18. The molecule has 0 bridgehead atoms. The molecule has 3 N–H and O–H groups in total. The summed E-state index contributed by atoms with van der Waals surface area (Å²) in [4.78, 5) is 2.05. The molecule has 5 nitrogen and oxygen atoms in total. The molecule has 0 aliphatic heterocycles. The minimum absolute atomic E-state index is 0.145. The Bertz CT molecular complexity index is 761. The van der Waals surface area contributed by atoms with E-state index in [4.69, 9.17) is 5.73 Å². The molecule has 0 spiro atoms. The zero-order valence-corrected chi connectivity index (χ0v) is 14.1. The summed E-state index contributed by atoms with van der Waals surface area (Å²) in [5.74, 6) is 0. The van der Waals surface area contributed by atoms with Crippen LogP contribution in [0.5, 0.6) is 0 Å². The second-order valence-electron chi connectivity index (χ2n) is 4.74. The highest BCUT2D eigenvalue weighted by Crippen LogP contribution is 2.27. The summed E-state index contributed by atoms with van der Waals surface area (Å²) in [7, 11) is 0.112. The Hall–Kier alpha value is -1.73. The molecule has 0 aliphatic carbocycles. The van der Waals surface area contributed by atoms with E-state index in [2.05, 4.69) is 20.7 Å². The van der Waals surface area contributed by atoms with E-state index in [9.17, 15) is 8.42 Å². The molecule has 0 amide bonds. The first-order valence-corrected chi connectivity index (χ1v) is 8.42. The average molecular weight is 370 g/mol. The van der Waals surface area contributed by atoms with Crippen molar-refractivity contribution in [3.8, 4) is 0 Å². The molecule has 0 fully saturated rings. The number of nitrogens with zero attached hydrogens (tertiary/aromatic N) is 1. The number of rotatable bonds is 4. The first-order chi connectivity index (χ1) is 9.79. The molecule has 0 radical (unpaired) electrons. The fourth-order valence-corrected chi connectivity index (χ4v) is 3.94. The fourth-order valence-electron chi connectivity index (χ4n) is 1.79. The molecule has 2 rings (SSSR count). The zero-order valence-electron chi connectivity index (χ0n) is 11.7. The van der Waals surface area contributed by atoms with Crippen LogP contribution in [0.15, 0.2) is 51.8 Å². The Morgan fingerprint density at radius 2 is 1.86 bits per heavy atom. The van der Waals surface area contributed by atoms with Crippen LogP contribution in [-0.2, 0) is 10.0 Å². The summed E-state index contributed by atoms with van der Waals surface area (Å²) < 4.78 is 27.8. The van der Waals surface area contributed by atoms with Crippen molar-refractivity contribution in [2.75, 3.05) is 29.5 Å². The third-order valence-corrected chi connectivity index (χ3v) is 5.22. The van der Waals surface area contributed by atoms with Crippen molar-refractivity contribution in [1.29, 1.82) is 0 Å². The van der Waals surface area contributed by atoms with Crippen LogP contribution in [0.1, 0.15) is 0 Å². The minimum Gasteiger partial charge on any atom is -0.399 e. The molecule has 0 saturated heterocycles. The van der Waals surface area contributed by atoms with Gasteiger partial charge in [0, 0.05) is 29.9 Å². The van der Waals surface area contributed by atoms with Crippen molar-refractivity contribution in [2.24, 2.45) is 0 Å². The summed E-state index contributed by atoms with van der Waals surface area (Å²) in [5.41, 5.74) is 7.53. The van der Waals surface area contributed by atoms with E-state index in [0.29, 0.717) is 15.8 Å². The van der Waals surface area contributed by atoms with Crippen molar-refractivity contribution < 1.29 is 8.42 Å². The Morgan fingerprint density at radius 1 is 1.14 bits per heavy atom. The quantitative estimate of drug-likeness (QED) is 0.812. The SMILES string of the molecule is CN(C)c1cccc(NS(=O)(=O)c2ccc(N)cc2Br)c1. The number of nitrogens with one attached hydrogen (secondary N) is 1. The number of hydrogen-bond donors (Lipinski definition) is 2. The number of halogens is 1. The standard InChI is InChI=1S/C14H16BrN3O2S/c1-18(2)12-5-3-4-11(9-12)17-21(19,20)14-7-6-10(16)8-13(14)15/h3-9,17H,16H2,1-2H3. The Kier molecular flexibility index (Phi) is 4.43. The number of nitrogens with two attached hydrogens (primary N) is 1. The Labute approximate surface area is 132 Å². The van der Waals surface area contributed by atoms with Gasteiger partial charge in [0.05, 0.1) is 5.69 Å². The normalized spacial score (nSPS) is 11.2. The molecule has 112 valence electrons. The van der Waals surface area contributed by atoms with E-state index in [-0.39, 0.29) is 4.90 Å². The highest BCUT2D eigenvalue weighted by atomic mass is 79.9. The highest BCUT2D eigenvalue weighted by molar-refractivity contribution is 9.10. The third kappa shape index (κ3) is 3.68.